The number of fused-ring (bicyclic) bond motifs is 9. The van der Waals surface area contributed by atoms with E-state index in [4.69, 9.17) is 14.5 Å². The van der Waals surface area contributed by atoms with Crippen LogP contribution in [0.5, 0.6) is 11.5 Å². The number of thiophene rings is 1. The van der Waals surface area contributed by atoms with Crippen LogP contribution in [0.25, 0.3) is 10.2 Å². The average molecular weight is 527 g/mol. The maximum absolute atomic E-state index is 13.9. The zero-order chi connectivity index (χ0) is 26.0. The second kappa shape index (κ2) is 8.98. The minimum atomic E-state index is 0.0503. The van der Waals surface area contributed by atoms with Crippen LogP contribution in [0.15, 0.2) is 53.6 Å². The van der Waals surface area contributed by atoms with Gasteiger partial charge in [0.25, 0.3) is 5.56 Å². The Morgan fingerprint density at radius 3 is 2.66 bits per heavy atom. The first kappa shape index (κ1) is 24.0. The molecule has 6 heteroatoms. The van der Waals surface area contributed by atoms with E-state index in [0.717, 1.165) is 47.4 Å². The van der Waals surface area contributed by atoms with Gasteiger partial charge in [-0.3, -0.25) is 9.36 Å². The summed E-state index contributed by atoms with van der Waals surface area (Å²) >= 11 is 1.77. The van der Waals surface area contributed by atoms with E-state index in [9.17, 15) is 4.79 Å². The van der Waals surface area contributed by atoms with Crippen molar-refractivity contribution in [3.05, 3.63) is 86.3 Å². The summed E-state index contributed by atoms with van der Waals surface area (Å²) in [4.78, 5) is 21.0. The number of aromatic nitrogens is 2. The zero-order valence-electron chi connectivity index (χ0n) is 22.3. The molecule has 4 unspecified atom stereocenters. The smallest absolute Gasteiger partial charge is 0.262 e. The van der Waals surface area contributed by atoms with Gasteiger partial charge in [-0.25, -0.2) is 4.98 Å². The molecule has 0 radical (unpaired) electrons. The fourth-order valence-corrected chi connectivity index (χ4v) is 9.24. The molecule has 3 aliphatic rings. The summed E-state index contributed by atoms with van der Waals surface area (Å²) in [6, 6.07) is 14.8. The number of ether oxygens (including phenoxy) is 2. The van der Waals surface area contributed by atoms with E-state index >= 15 is 0 Å². The molecule has 0 amide bonds. The Morgan fingerprint density at radius 2 is 1.87 bits per heavy atom. The predicted molar refractivity (Wildman–Crippen MR) is 152 cm³/mol. The molecule has 1 fully saturated rings. The zero-order valence-corrected chi connectivity index (χ0v) is 23.1. The number of benzene rings is 2. The highest BCUT2D eigenvalue weighted by Gasteiger charge is 2.54. The first-order valence-corrected chi connectivity index (χ1v) is 14.6. The third kappa shape index (κ3) is 3.56. The summed E-state index contributed by atoms with van der Waals surface area (Å²) in [5.74, 6) is 3.68. The summed E-state index contributed by atoms with van der Waals surface area (Å²) in [6.07, 6.45) is 8.28. The Bertz CT molecular complexity index is 1590. The van der Waals surface area contributed by atoms with Crippen LogP contribution in [0.3, 0.4) is 0 Å². The van der Waals surface area contributed by atoms with E-state index in [1.54, 1.807) is 31.9 Å². The molecule has 7 rings (SSSR count). The molecule has 38 heavy (non-hydrogen) atoms. The monoisotopic (exact) mass is 526 g/mol. The maximum atomic E-state index is 13.9. The van der Waals surface area contributed by atoms with Crippen LogP contribution in [0.2, 0.25) is 0 Å². The fraction of sp³-hybridized carbons (Fsp3) is 0.438. The second-order valence-electron chi connectivity index (χ2n) is 11.6. The van der Waals surface area contributed by atoms with E-state index in [1.807, 2.05) is 16.7 Å². The highest BCUT2D eigenvalue weighted by molar-refractivity contribution is 7.18. The molecule has 0 bridgehead atoms. The normalized spacial score (nSPS) is 25.4. The number of methoxy groups -OCH3 is 2. The Hall–Kier alpha value is -3.12. The van der Waals surface area contributed by atoms with Gasteiger partial charge in [-0.15, -0.1) is 11.3 Å². The van der Waals surface area contributed by atoms with E-state index in [1.165, 1.54) is 40.0 Å². The van der Waals surface area contributed by atoms with Crippen LogP contribution in [0.4, 0.5) is 0 Å². The SMILES string of the molecule is COc1ccc(CCn2cnc3sc4c(c3c2=O)C2(C)CCC3c5ccc(OC)cc5CCC3C2C4)cc1. The minimum absolute atomic E-state index is 0.0503. The lowest BCUT2D eigenvalue weighted by Crippen LogP contribution is -2.43. The van der Waals surface area contributed by atoms with E-state index in [0.29, 0.717) is 24.3 Å². The van der Waals surface area contributed by atoms with Crippen molar-refractivity contribution in [3.8, 4) is 11.5 Å². The Kier molecular flexibility index (Phi) is 5.66. The Balaban J connectivity index is 1.20. The minimum Gasteiger partial charge on any atom is -0.497 e. The van der Waals surface area contributed by atoms with Gasteiger partial charge < -0.3 is 9.47 Å². The van der Waals surface area contributed by atoms with Crippen molar-refractivity contribution in [3.63, 3.8) is 0 Å². The third-order valence-electron chi connectivity index (χ3n) is 9.85. The summed E-state index contributed by atoms with van der Waals surface area (Å²) in [7, 11) is 3.43. The largest absolute Gasteiger partial charge is 0.497 e. The number of rotatable bonds is 5. The molecule has 4 aromatic rings. The van der Waals surface area contributed by atoms with Crippen molar-refractivity contribution in [1.82, 2.24) is 9.55 Å². The van der Waals surface area contributed by atoms with Crippen LogP contribution < -0.4 is 15.0 Å². The topological polar surface area (TPSA) is 53.4 Å². The van der Waals surface area contributed by atoms with Crippen molar-refractivity contribution in [1.29, 1.82) is 0 Å². The summed E-state index contributed by atoms with van der Waals surface area (Å²) in [6.45, 7) is 3.08. The molecule has 0 spiro atoms. The highest BCUT2D eigenvalue weighted by Crippen LogP contribution is 2.62. The first-order valence-electron chi connectivity index (χ1n) is 13.8. The highest BCUT2D eigenvalue weighted by atomic mass is 32.1. The van der Waals surface area contributed by atoms with Gasteiger partial charge in [-0.05, 0) is 108 Å². The van der Waals surface area contributed by atoms with Crippen molar-refractivity contribution in [2.75, 3.05) is 14.2 Å². The molecule has 2 aromatic heterocycles. The standard InChI is InChI=1S/C32H34N2O3S/c1-32-14-12-24-23-11-9-22(37-3)16-20(23)6-10-25(24)26(32)17-27-29(32)28-30(38-27)33-18-34(31(28)35)15-13-19-4-7-21(36-2)8-5-19/h4-5,7-9,11,16,18,24-26H,6,10,12-15,17H2,1-3H3. The van der Waals surface area contributed by atoms with Gasteiger partial charge in [0, 0.05) is 11.4 Å². The van der Waals surface area contributed by atoms with Crippen molar-refractivity contribution >= 4 is 21.6 Å². The van der Waals surface area contributed by atoms with Crippen molar-refractivity contribution in [2.45, 2.75) is 63.3 Å². The van der Waals surface area contributed by atoms with Crippen molar-refractivity contribution < 1.29 is 9.47 Å². The lowest BCUT2D eigenvalue weighted by atomic mass is 9.55. The van der Waals surface area contributed by atoms with Crippen LogP contribution in [-0.4, -0.2) is 23.8 Å². The number of hydrogen-bond donors (Lipinski definition) is 0. The van der Waals surface area contributed by atoms with Gasteiger partial charge in [0.2, 0.25) is 0 Å². The summed E-state index contributed by atoms with van der Waals surface area (Å²) in [5, 5.41) is 0.895. The Labute approximate surface area is 227 Å². The second-order valence-corrected chi connectivity index (χ2v) is 12.6. The van der Waals surface area contributed by atoms with E-state index < -0.39 is 0 Å². The molecular formula is C32H34N2O3S. The predicted octanol–water partition coefficient (Wildman–Crippen LogP) is 6.29. The fourth-order valence-electron chi connectivity index (χ4n) is 7.91. The molecule has 3 aliphatic carbocycles. The molecule has 0 saturated heterocycles. The maximum Gasteiger partial charge on any atom is 0.262 e. The third-order valence-corrected chi connectivity index (χ3v) is 11.0. The van der Waals surface area contributed by atoms with E-state index in [-0.39, 0.29) is 11.0 Å². The van der Waals surface area contributed by atoms with Crippen LogP contribution in [-0.2, 0) is 31.2 Å². The summed E-state index contributed by atoms with van der Waals surface area (Å²) in [5.41, 5.74) is 5.70. The molecular weight excluding hydrogens is 492 g/mol. The molecule has 0 aliphatic heterocycles. The Morgan fingerprint density at radius 1 is 1.08 bits per heavy atom. The lowest BCUT2D eigenvalue weighted by molar-refractivity contribution is 0.106. The van der Waals surface area contributed by atoms with Gasteiger partial charge >= 0.3 is 0 Å². The summed E-state index contributed by atoms with van der Waals surface area (Å²) < 4.78 is 12.6. The van der Waals surface area contributed by atoms with Gasteiger partial charge in [-0.2, -0.15) is 0 Å². The van der Waals surface area contributed by atoms with Gasteiger partial charge in [0.15, 0.2) is 0 Å². The number of hydrogen-bond acceptors (Lipinski definition) is 5. The first-order chi connectivity index (χ1) is 18.5. The lowest BCUT2D eigenvalue weighted by Gasteiger charge is -2.49. The molecule has 1 saturated carbocycles. The molecule has 196 valence electrons. The molecule has 4 atom stereocenters. The quantitative estimate of drug-likeness (QED) is 0.307. The molecule has 0 N–H and O–H groups in total. The molecule has 2 heterocycles. The van der Waals surface area contributed by atoms with Gasteiger partial charge in [0.1, 0.15) is 16.3 Å². The number of nitrogens with zero attached hydrogens (tertiary/aromatic N) is 2. The van der Waals surface area contributed by atoms with Crippen LogP contribution in [0, 0.1) is 11.8 Å². The van der Waals surface area contributed by atoms with Crippen molar-refractivity contribution in [2.24, 2.45) is 11.8 Å². The van der Waals surface area contributed by atoms with Gasteiger partial charge in [0.05, 0.1) is 25.9 Å². The van der Waals surface area contributed by atoms with Crippen LogP contribution >= 0.6 is 11.3 Å². The number of aryl methyl sites for hydroxylation is 3. The van der Waals surface area contributed by atoms with Crippen LogP contribution in [0.1, 0.15) is 59.2 Å². The van der Waals surface area contributed by atoms with E-state index in [2.05, 4.69) is 37.3 Å². The average Bonchev–Trinajstić information content (AvgIpc) is 3.47. The van der Waals surface area contributed by atoms with Gasteiger partial charge in [-0.1, -0.05) is 25.1 Å². The molecule has 5 nitrogen and oxygen atoms in total. The molecule has 2 aromatic carbocycles.